The number of benzene rings is 2. The SMILES string of the molecule is O=C(CN1C(=O)c2ccccc2C1=O)OCc1cc(-c2ccc(Cl)cc2)on1. The molecule has 3 aromatic rings. The van der Waals surface area contributed by atoms with E-state index in [1.165, 1.54) is 0 Å². The molecule has 0 spiro atoms. The van der Waals surface area contributed by atoms with Crippen LogP contribution in [0.5, 0.6) is 0 Å². The number of imide groups is 1. The predicted octanol–water partition coefficient (Wildman–Crippen LogP) is 3.33. The van der Waals surface area contributed by atoms with Crippen molar-refractivity contribution in [2.45, 2.75) is 6.61 Å². The Morgan fingerprint density at radius 3 is 2.32 bits per heavy atom. The van der Waals surface area contributed by atoms with Crippen LogP contribution in [0.4, 0.5) is 0 Å². The van der Waals surface area contributed by atoms with Crippen molar-refractivity contribution in [2.75, 3.05) is 6.54 Å². The van der Waals surface area contributed by atoms with Gasteiger partial charge in [-0.1, -0.05) is 28.9 Å². The molecular weight excluding hydrogens is 384 g/mol. The average molecular weight is 397 g/mol. The number of amides is 2. The van der Waals surface area contributed by atoms with Gasteiger partial charge in [-0.3, -0.25) is 19.3 Å². The summed E-state index contributed by atoms with van der Waals surface area (Å²) < 4.78 is 10.4. The molecule has 0 saturated carbocycles. The lowest BCUT2D eigenvalue weighted by atomic mass is 10.1. The molecule has 0 atom stereocenters. The Bertz CT molecular complexity index is 1040. The first-order chi connectivity index (χ1) is 13.5. The topological polar surface area (TPSA) is 89.7 Å². The minimum absolute atomic E-state index is 0.140. The quantitative estimate of drug-likeness (QED) is 0.485. The molecule has 7 nitrogen and oxygen atoms in total. The van der Waals surface area contributed by atoms with Crippen LogP contribution in [0.15, 0.2) is 59.1 Å². The van der Waals surface area contributed by atoms with Crippen LogP contribution in [0.2, 0.25) is 5.02 Å². The Kier molecular flexibility index (Phi) is 4.67. The predicted molar refractivity (Wildman–Crippen MR) is 98.6 cm³/mol. The highest BCUT2D eigenvalue weighted by atomic mass is 35.5. The molecule has 2 aromatic carbocycles. The third-order valence-electron chi connectivity index (χ3n) is 4.23. The van der Waals surface area contributed by atoms with Gasteiger partial charge in [0, 0.05) is 16.7 Å². The normalized spacial score (nSPS) is 13.0. The van der Waals surface area contributed by atoms with Gasteiger partial charge < -0.3 is 9.26 Å². The van der Waals surface area contributed by atoms with E-state index in [1.807, 2.05) is 0 Å². The van der Waals surface area contributed by atoms with E-state index in [4.69, 9.17) is 20.9 Å². The summed E-state index contributed by atoms with van der Waals surface area (Å²) in [7, 11) is 0. The number of fused-ring (bicyclic) bond motifs is 1. The van der Waals surface area contributed by atoms with E-state index >= 15 is 0 Å². The summed E-state index contributed by atoms with van der Waals surface area (Å²) in [5.41, 5.74) is 1.75. The van der Waals surface area contributed by atoms with Crippen molar-refractivity contribution in [3.05, 3.63) is 76.4 Å². The Morgan fingerprint density at radius 2 is 1.68 bits per heavy atom. The Morgan fingerprint density at radius 1 is 1.04 bits per heavy atom. The molecule has 0 saturated heterocycles. The van der Waals surface area contributed by atoms with E-state index in [0.717, 1.165) is 10.5 Å². The first kappa shape index (κ1) is 17.9. The van der Waals surface area contributed by atoms with Gasteiger partial charge in [0.15, 0.2) is 5.76 Å². The van der Waals surface area contributed by atoms with E-state index in [2.05, 4.69) is 5.16 Å². The summed E-state index contributed by atoms with van der Waals surface area (Å²) in [5.74, 6) is -1.23. The zero-order valence-electron chi connectivity index (χ0n) is 14.4. The van der Waals surface area contributed by atoms with Crippen molar-refractivity contribution in [3.63, 3.8) is 0 Å². The summed E-state index contributed by atoms with van der Waals surface area (Å²) in [6.45, 7) is -0.604. The molecule has 0 radical (unpaired) electrons. The molecule has 8 heteroatoms. The summed E-state index contributed by atoms with van der Waals surface area (Å²) in [5, 5.41) is 4.45. The van der Waals surface area contributed by atoms with Crippen LogP contribution in [0.25, 0.3) is 11.3 Å². The highest BCUT2D eigenvalue weighted by Crippen LogP contribution is 2.24. The first-order valence-electron chi connectivity index (χ1n) is 8.35. The zero-order valence-corrected chi connectivity index (χ0v) is 15.2. The van der Waals surface area contributed by atoms with Gasteiger partial charge in [-0.05, 0) is 36.4 Å². The van der Waals surface area contributed by atoms with Crippen LogP contribution in [0.3, 0.4) is 0 Å². The minimum atomic E-state index is -0.717. The van der Waals surface area contributed by atoms with Gasteiger partial charge in [-0.25, -0.2) is 0 Å². The fraction of sp³-hybridized carbons (Fsp3) is 0.100. The average Bonchev–Trinajstić information content (AvgIpc) is 3.27. The number of hydrogen-bond donors (Lipinski definition) is 0. The molecule has 1 aliphatic rings. The van der Waals surface area contributed by atoms with Crippen molar-refractivity contribution in [3.8, 4) is 11.3 Å². The fourth-order valence-corrected chi connectivity index (χ4v) is 2.97. The number of carbonyl (C=O) groups excluding carboxylic acids is 3. The van der Waals surface area contributed by atoms with Crippen molar-refractivity contribution in [1.29, 1.82) is 0 Å². The van der Waals surface area contributed by atoms with Crippen LogP contribution in [-0.4, -0.2) is 34.4 Å². The zero-order chi connectivity index (χ0) is 19.7. The maximum atomic E-state index is 12.3. The number of nitrogens with zero attached hydrogens (tertiary/aromatic N) is 2. The van der Waals surface area contributed by atoms with Crippen LogP contribution < -0.4 is 0 Å². The second-order valence-electron chi connectivity index (χ2n) is 6.09. The van der Waals surface area contributed by atoms with Crippen LogP contribution in [-0.2, 0) is 16.1 Å². The third-order valence-corrected chi connectivity index (χ3v) is 4.49. The molecule has 0 aliphatic carbocycles. The van der Waals surface area contributed by atoms with Crippen LogP contribution >= 0.6 is 11.6 Å². The van der Waals surface area contributed by atoms with Crippen LogP contribution in [0.1, 0.15) is 26.4 Å². The Labute approximate surface area is 164 Å². The van der Waals surface area contributed by atoms with E-state index in [-0.39, 0.29) is 17.7 Å². The second kappa shape index (κ2) is 7.28. The summed E-state index contributed by atoms with van der Waals surface area (Å²) in [6, 6.07) is 15.1. The van der Waals surface area contributed by atoms with E-state index in [9.17, 15) is 14.4 Å². The van der Waals surface area contributed by atoms with Gasteiger partial charge in [0.1, 0.15) is 18.8 Å². The summed E-state index contributed by atoms with van der Waals surface area (Å²) in [6.07, 6.45) is 0. The number of esters is 1. The summed E-state index contributed by atoms with van der Waals surface area (Å²) in [4.78, 5) is 37.5. The number of halogens is 1. The van der Waals surface area contributed by atoms with Gasteiger partial charge in [0.25, 0.3) is 11.8 Å². The highest BCUT2D eigenvalue weighted by molar-refractivity contribution is 6.30. The van der Waals surface area contributed by atoms with E-state index < -0.39 is 24.3 Å². The smallest absolute Gasteiger partial charge is 0.326 e. The molecule has 0 unspecified atom stereocenters. The van der Waals surface area contributed by atoms with Crippen molar-refractivity contribution < 1.29 is 23.6 Å². The molecule has 0 bridgehead atoms. The molecule has 0 N–H and O–H groups in total. The number of ether oxygens (including phenoxy) is 1. The molecule has 1 aliphatic heterocycles. The van der Waals surface area contributed by atoms with Crippen molar-refractivity contribution in [1.82, 2.24) is 10.1 Å². The second-order valence-corrected chi connectivity index (χ2v) is 6.53. The lowest BCUT2D eigenvalue weighted by molar-refractivity contribution is -0.145. The molecule has 28 heavy (non-hydrogen) atoms. The molecule has 1 aromatic heterocycles. The molecular formula is C20H13ClN2O5. The van der Waals surface area contributed by atoms with Crippen LogP contribution in [0, 0.1) is 0 Å². The number of carbonyl (C=O) groups is 3. The molecule has 2 amide bonds. The minimum Gasteiger partial charge on any atom is -0.458 e. The number of aromatic nitrogens is 1. The molecule has 140 valence electrons. The monoisotopic (exact) mass is 396 g/mol. The fourth-order valence-electron chi connectivity index (χ4n) is 2.84. The van der Waals surface area contributed by atoms with Gasteiger partial charge in [-0.15, -0.1) is 0 Å². The third kappa shape index (κ3) is 3.39. The van der Waals surface area contributed by atoms with Crippen molar-refractivity contribution in [2.24, 2.45) is 0 Å². The molecule has 2 heterocycles. The van der Waals surface area contributed by atoms with Gasteiger partial charge in [0.05, 0.1) is 11.1 Å². The lowest BCUT2D eigenvalue weighted by Gasteiger charge is -2.12. The van der Waals surface area contributed by atoms with Crippen molar-refractivity contribution >= 4 is 29.4 Å². The lowest BCUT2D eigenvalue weighted by Crippen LogP contribution is -2.35. The molecule has 4 rings (SSSR count). The Hall–Kier alpha value is -3.45. The van der Waals surface area contributed by atoms with Gasteiger partial charge >= 0.3 is 5.97 Å². The van der Waals surface area contributed by atoms with Gasteiger partial charge in [0.2, 0.25) is 0 Å². The van der Waals surface area contributed by atoms with Gasteiger partial charge in [-0.2, -0.15) is 0 Å². The number of rotatable bonds is 5. The summed E-state index contributed by atoms with van der Waals surface area (Å²) >= 11 is 5.85. The maximum Gasteiger partial charge on any atom is 0.326 e. The first-order valence-corrected chi connectivity index (χ1v) is 8.73. The molecule has 0 fully saturated rings. The van der Waals surface area contributed by atoms with E-state index in [0.29, 0.717) is 16.5 Å². The number of hydrogen-bond acceptors (Lipinski definition) is 6. The van der Waals surface area contributed by atoms with E-state index in [1.54, 1.807) is 54.6 Å². The Balaban J connectivity index is 1.36. The largest absolute Gasteiger partial charge is 0.458 e. The maximum absolute atomic E-state index is 12.3. The highest BCUT2D eigenvalue weighted by Gasteiger charge is 2.36. The standard InChI is InChI=1S/C20H13ClN2O5/c21-13-7-5-12(6-8-13)17-9-14(22-28-17)11-27-18(24)10-23-19(25)15-3-1-2-4-16(15)20(23)26/h1-9H,10-11H2.